The van der Waals surface area contributed by atoms with Gasteiger partial charge in [-0.3, -0.25) is 4.79 Å². The maximum atomic E-state index is 12.0. The number of rotatable bonds is 4. The van der Waals surface area contributed by atoms with Gasteiger partial charge in [0.05, 0.1) is 6.42 Å². The van der Waals surface area contributed by atoms with E-state index in [9.17, 15) is 4.79 Å². The minimum absolute atomic E-state index is 0.0143. The zero-order valence-corrected chi connectivity index (χ0v) is 12.9. The number of carbonyl (C=O) groups is 1. The van der Waals surface area contributed by atoms with Crippen LogP contribution in [0.2, 0.25) is 0 Å². The first-order valence-corrected chi connectivity index (χ1v) is 7.40. The maximum absolute atomic E-state index is 12.0. The molecule has 0 saturated carbocycles. The van der Waals surface area contributed by atoms with Gasteiger partial charge in [0.15, 0.2) is 11.5 Å². The van der Waals surface area contributed by atoms with Crippen LogP contribution in [-0.4, -0.2) is 12.7 Å². The molecule has 0 aliphatic carbocycles. The lowest BCUT2D eigenvalue weighted by Gasteiger charge is -2.07. The number of ether oxygens (including phenoxy) is 2. The molecule has 3 rings (SSSR count). The third-order valence-corrected chi connectivity index (χ3v) is 4.01. The van der Waals surface area contributed by atoms with Gasteiger partial charge in [0.1, 0.15) is 0 Å². The van der Waals surface area contributed by atoms with Gasteiger partial charge in [0, 0.05) is 11.0 Å². The van der Waals surface area contributed by atoms with E-state index in [1.165, 1.54) is 0 Å². The number of fused-ring (bicyclic) bond motifs is 1. The molecule has 2 aromatic rings. The van der Waals surface area contributed by atoms with Gasteiger partial charge in [-0.2, -0.15) is 0 Å². The third kappa shape index (κ3) is 3.36. The van der Waals surface area contributed by atoms with Crippen LogP contribution in [0.15, 0.2) is 46.9 Å². The average Bonchev–Trinajstić information content (AvgIpc) is 2.95. The summed E-state index contributed by atoms with van der Waals surface area (Å²) in [6.45, 7) is 0.729. The van der Waals surface area contributed by atoms with E-state index < -0.39 is 0 Å². The SMILES string of the molecule is O=C(Cc1ccccc1Br)NCc1ccc2c(c1)OCO2. The standard InChI is InChI=1S/C16H14BrNO3/c17-13-4-2-1-3-12(13)8-16(19)18-9-11-5-6-14-15(7-11)21-10-20-14/h1-7H,8-10H2,(H,18,19). The Hall–Kier alpha value is -2.01. The molecule has 0 radical (unpaired) electrons. The summed E-state index contributed by atoms with van der Waals surface area (Å²) in [5.41, 5.74) is 1.96. The molecule has 5 heteroatoms. The molecular weight excluding hydrogens is 334 g/mol. The van der Waals surface area contributed by atoms with E-state index in [-0.39, 0.29) is 12.7 Å². The Labute approximate surface area is 131 Å². The van der Waals surface area contributed by atoms with E-state index in [0.29, 0.717) is 13.0 Å². The van der Waals surface area contributed by atoms with Crippen LogP contribution in [0.3, 0.4) is 0 Å². The molecule has 108 valence electrons. The lowest BCUT2D eigenvalue weighted by Crippen LogP contribution is -2.24. The van der Waals surface area contributed by atoms with E-state index in [1.54, 1.807) is 0 Å². The Kier molecular flexibility index (Phi) is 4.10. The second-order valence-electron chi connectivity index (χ2n) is 4.73. The molecular formula is C16H14BrNO3. The molecule has 0 spiro atoms. The fourth-order valence-electron chi connectivity index (χ4n) is 2.13. The largest absolute Gasteiger partial charge is 0.454 e. The number of nitrogens with one attached hydrogen (secondary N) is 1. The fourth-order valence-corrected chi connectivity index (χ4v) is 2.55. The molecule has 1 aliphatic rings. The van der Waals surface area contributed by atoms with Gasteiger partial charge in [-0.15, -0.1) is 0 Å². The van der Waals surface area contributed by atoms with Crippen LogP contribution < -0.4 is 14.8 Å². The van der Waals surface area contributed by atoms with Crippen molar-refractivity contribution in [2.75, 3.05) is 6.79 Å². The number of hydrogen-bond donors (Lipinski definition) is 1. The Morgan fingerprint density at radius 1 is 1.14 bits per heavy atom. The van der Waals surface area contributed by atoms with Gasteiger partial charge in [0.2, 0.25) is 12.7 Å². The number of carbonyl (C=O) groups excluding carboxylic acids is 1. The molecule has 0 saturated heterocycles. The van der Waals surface area contributed by atoms with Crippen molar-refractivity contribution in [2.24, 2.45) is 0 Å². The topological polar surface area (TPSA) is 47.6 Å². The highest BCUT2D eigenvalue weighted by Crippen LogP contribution is 2.32. The first-order chi connectivity index (χ1) is 10.2. The summed E-state index contributed by atoms with van der Waals surface area (Å²) in [5.74, 6) is 1.46. The van der Waals surface area contributed by atoms with Crippen molar-refractivity contribution in [2.45, 2.75) is 13.0 Å². The highest BCUT2D eigenvalue weighted by atomic mass is 79.9. The number of amides is 1. The smallest absolute Gasteiger partial charge is 0.231 e. The molecule has 2 aromatic carbocycles. The Bertz CT molecular complexity index is 672. The molecule has 0 fully saturated rings. The zero-order chi connectivity index (χ0) is 14.7. The van der Waals surface area contributed by atoms with Crippen LogP contribution in [-0.2, 0) is 17.8 Å². The van der Waals surface area contributed by atoms with Gasteiger partial charge in [-0.1, -0.05) is 40.2 Å². The van der Waals surface area contributed by atoms with Crippen LogP contribution in [0, 0.1) is 0 Å². The Balaban J connectivity index is 1.58. The van der Waals surface area contributed by atoms with Crippen LogP contribution in [0.4, 0.5) is 0 Å². The van der Waals surface area contributed by atoms with E-state index in [0.717, 1.165) is 27.1 Å². The fraction of sp³-hybridized carbons (Fsp3) is 0.188. The molecule has 1 heterocycles. The summed E-state index contributed by atoms with van der Waals surface area (Å²) < 4.78 is 11.5. The second kappa shape index (κ2) is 6.18. The van der Waals surface area contributed by atoms with Crippen molar-refractivity contribution in [1.82, 2.24) is 5.32 Å². The number of hydrogen-bond acceptors (Lipinski definition) is 3. The first-order valence-electron chi connectivity index (χ1n) is 6.61. The Morgan fingerprint density at radius 3 is 2.81 bits per heavy atom. The molecule has 0 unspecified atom stereocenters. The zero-order valence-electron chi connectivity index (χ0n) is 11.3. The van der Waals surface area contributed by atoms with Crippen LogP contribution >= 0.6 is 15.9 Å². The minimum Gasteiger partial charge on any atom is -0.454 e. The van der Waals surface area contributed by atoms with E-state index in [1.807, 2.05) is 42.5 Å². The van der Waals surface area contributed by atoms with E-state index in [2.05, 4.69) is 21.2 Å². The highest BCUT2D eigenvalue weighted by molar-refractivity contribution is 9.10. The Morgan fingerprint density at radius 2 is 1.95 bits per heavy atom. The van der Waals surface area contributed by atoms with Crippen LogP contribution in [0.5, 0.6) is 11.5 Å². The van der Waals surface area contributed by atoms with Crippen molar-refractivity contribution in [3.05, 3.63) is 58.1 Å². The minimum atomic E-state index is -0.0143. The molecule has 4 nitrogen and oxygen atoms in total. The van der Waals surface area contributed by atoms with E-state index >= 15 is 0 Å². The van der Waals surface area contributed by atoms with Gasteiger partial charge in [0.25, 0.3) is 0 Å². The van der Waals surface area contributed by atoms with Gasteiger partial charge in [-0.05, 0) is 29.3 Å². The van der Waals surface area contributed by atoms with Gasteiger partial charge >= 0.3 is 0 Å². The van der Waals surface area contributed by atoms with Crippen LogP contribution in [0.25, 0.3) is 0 Å². The number of benzene rings is 2. The summed E-state index contributed by atoms with van der Waals surface area (Å²) in [6, 6.07) is 13.4. The van der Waals surface area contributed by atoms with Crippen molar-refractivity contribution in [3.63, 3.8) is 0 Å². The number of halogens is 1. The molecule has 21 heavy (non-hydrogen) atoms. The summed E-state index contributed by atoms with van der Waals surface area (Å²) in [7, 11) is 0. The van der Waals surface area contributed by atoms with Crippen molar-refractivity contribution < 1.29 is 14.3 Å². The third-order valence-electron chi connectivity index (χ3n) is 3.24. The average molecular weight is 348 g/mol. The summed E-state index contributed by atoms with van der Waals surface area (Å²) in [5, 5.41) is 2.91. The molecule has 0 aromatic heterocycles. The van der Waals surface area contributed by atoms with Crippen molar-refractivity contribution >= 4 is 21.8 Å². The van der Waals surface area contributed by atoms with Gasteiger partial charge in [-0.25, -0.2) is 0 Å². The normalized spacial score (nSPS) is 12.2. The predicted octanol–water partition coefficient (Wildman–Crippen LogP) is 3.04. The monoisotopic (exact) mass is 347 g/mol. The van der Waals surface area contributed by atoms with Gasteiger partial charge < -0.3 is 14.8 Å². The lowest BCUT2D eigenvalue weighted by atomic mass is 10.1. The predicted molar refractivity (Wildman–Crippen MR) is 82.3 cm³/mol. The maximum Gasteiger partial charge on any atom is 0.231 e. The molecule has 1 aliphatic heterocycles. The molecule has 0 bridgehead atoms. The quantitative estimate of drug-likeness (QED) is 0.924. The first kappa shape index (κ1) is 13.9. The summed E-state index contributed by atoms with van der Waals surface area (Å²) >= 11 is 3.44. The molecule has 0 atom stereocenters. The molecule has 1 amide bonds. The van der Waals surface area contributed by atoms with Crippen molar-refractivity contribution in [1.29, 1.82) is 0 Å². The van der Waals surface area contributed by atoms with Crippen LogP contribution in [0.1, 0.15) is 11.1 Å². The molecule has 1 N–H and O–H groups in total. The lowest BCUT2D eigenvalue weighted by molar-refractivity contribution is -0.120. The second-order valence-corrected chi connectivity index (χ2v) is 5.59. The van der Waals surface area contributed by atoms with Crippen molar-refractivity contribution in [3.8, 4) is 11.5 Å². The summed E-state index contributed by atoms with van der Waals surface area (Å²) in [4.78, 5) is 12.0. The van der Waals surface area contributed by atoms with E-state index in [4.69, 9.17) is 9.47 Å². The highest BCUT2D eigenvalue weighted by Gasteiger charge is 2.13. The summed E-state index contributed by atoms with van der Waals surface area (Å²) in [6.07, 6.45) is 0.353.